The highest BCUT2D eigenvalue weighted by Crippen LogP contribution is 2.22. The van der Waals surface area contributed by atoms with Crippen molar-refractivity contribution < 1.29 is 13.5 Å². The zero-order valence-corrected chi connectivity index (χ0v) is 11.4. The van der Waals surface area contributed by atoms with Gasteiger partial charge >= 0.3 is 0 Å². The van der Waals surface area contributed by atoms with Crippen LogP contribution in [-0.4, -0.2) is 37.5 Å². The number of sulfonamides is 1. The van der Waals surface area contributed by atoms with Gasteiger partial charge in [0.25, 0.3) is 0 Å². The molecule has 2 rings (SSSR count). The molecule has 1 atom stereocenters. The topological polar surface area (TPSA) is 69.6 Å². The van der Waals surface area contributed by atoms with Gasteiger partial charge in [0.15, 0.2) is 0 Å². The standard InChI is InChI=1S/C12H18N2O3S/c1-9(15)8-14(2)18(16,17)12-4-3-10-6-13-7-11(10)5-12/h3-5,9,13,15H,6-8H2,1-2H3. The summed E-state index contributed by atoms with van der Waals surface area (Å²) < 4.78 is 25.7. The molecule has 0 spiro atoms. The summed E-state index contributed by atoms with van der Waals surface area (Å²) in [7, 11) is -2.03. The summed E-state index contributed by atoms with van der Waals surface area (Å²) in [6, 6.07) is 5.18. The minimum atomic E-state index is -3.51. The summed E-state index contributed by atoms with van der Waals surface area (Å²) in [5.74, 6) is 0. The van der Waals surface area contributed by atoms with E-state index in [1.807, 2.05) is 6.07 Å². The van der Waals surface area contributed by atoms with Crippen LogP contribution in [0.2, 0.25) is 0 Å². The molecule has 0 saturated heterocycles. The third-order valence-electron chi connectivity index (χ3n) is 3.04. The number of aliphatic hydroxyl groups excluding tert-OH is 1. The van der Waals surface area contributed by atoms with E-state index in [4.69, 9.17) is 0 Å². The summed E-state index contributed by atoms with van der Waals surface area (Å²) in [5.41, 5.74) is 2.17. The van der Waals surface area contributed by atoms with Gasteiger partial charge in [-0.3, -0.25) is 0 Å². The third kappa shape index (κ3) is 2.56. The molecule has 2 N–H and O–H groups in total. The van der Waals surface area contributed by atoms with Crippen molar-refractivity contribution >= 4 is 10.0 Å². The summed E-state index contributed by atoms with van der Waals surface area (Å²) in [5, 5.41) is 12.5. The Morgan fingerprint density at radius 3 is 2.72 bits per heavy atom. The van der Waals surface area contributed by atoms with Crippen LogP contribution in [0.4, 0.5) is 0 Å². The summed E-state index contributed by atoms with van der Waals surface area (Å²) in [6.07, 6.45) is -0.680. The molecule has 0 saturated carbocycles. The maximum absolute atomic E-state index is 12.3. The number of nitrogens with one attached hydrogen (secondary N) is 1. The van der Waals surface area contributed by atoms with E-state index in [9.17, 15) is 13.5 Å². The van der Waals surface area contributed by atoms with Crippen molar-refractivity contribution in [3.8, 4) is 0 Å². The van der Waals surface area contributed by atoms with Crippen LogP contribution in [0, 0.1) is 0 Å². The number of rotatable bonds is 4. The van der Waals surface area contributed by atoms with Crippen LogP contribution in [0.3, 0.4) is 0 Å². The SMILES string of the molecule is CC(O)CN(C)S(=O)(=O)c1ccc2c(c1)CNC2. The summed E-state index contributed by atoms with van der Waals surface area (Å²) in [6.45, 7) is 3.16. The Morgan fingerprint density at radius 1 is 1.39 bits per heavy atom. The number of likely N-dealkylation sites (N-methyl/N-ethyl adjacent to an activating group) is 1. The van der Waals surface area contributed by atoms with E-state index in [0.29, 0.717) is 6.54 Å². The van der Waals surface area contributed by atoms with Crippen molar-refractivity contribution in [1.82, 2.24) is 9.62 Å². The van der Waals surface area contributed by atoms with Gasteiger partial charge in [-0.15, -0.1) is 0 Å². The number of fused-ring (bicyclic) bond motifs is 1. The van der Waals surface area contributed by atoms with Crippen molar-refractivity contribution in [3.63, 3.8) is 0 Å². The molecule has 0 radical (unpaired) electrons. The fraction of sp³-hybridized carbons (Fsp3) is 0.500. The summed E-state index contributed by atoms with van der Waals surface area (Å²) in [4.78, 5) is 0.285. The average Bonchev–Trinajstić information content (AvgIpc) is 2.74. The highest BCUT2D eigenvalue weighted by atomic mass is 32.2. The molecule has 18 heavy (non-hydrogen) atoms. The molecule has 5 nitrogen and oxygen atoms in total. The fourth-order valence-electron chi connectivity index (χ4n) is 2.08. The minimum Gasteiger partial charge on any atom is -0.392 e. The van der Waals surface area contributed by atoms with Crippen molar-refractivity contribution in [2.75, 3.05) is 13.6 Å². The normalized spacial score (nSPS) is 16.9. The molecular formula is C12H18N2O3S. The van der Waals surface area contributed by atoms with Crippen molar-refractivity contribution in [1.29, 1.82) is 0 Å². The van der Waals surface area contributed by atoms with E-state index < -0.39 is 16.1 Å². The van der Waals surface area contributed by atoms with E-state index in [0.717, 1.165) is 17.7 Å². The maximum Gasteiger partial charge on any atom is 0.242 e. The second-order valence-electron chi connectivity index (χ2n) is 4.67. The zero-order valence-electron chi connectivity index (χ0n) is 10.5. The maximum atomic E-state index is 12.3. The predicted octanol–water partition coefficient (Wildman–Crippen LogP) is 0.291. The molecule has 1 aromatic carbocycles. The number of benzene rings is 1. The van der Waals surface area contributed by atoms with E-state index >= 15 is 0 Å². The van der Waals surface area contributed by atoms with E-state index in [-0.39, 0.29) is 11.4 Å². The van der Waals surface area contributed by atoms with Crippen LogP contribution >= 0.6 is 0 Å². The molecule has 1 unspecified atom stereocenters. The van der Waals surface area contributed by atoms with Gasteiger partial charge < -0.3 is 10.4 Å². The molecule has 1 aromatic rings. The molecule has 6 heteroatoms. The number of hydrogen-bond donors (Lipinski definition) is 2. The molecule has 0 amide bonds. The number of nitrogens with zero attached hydrogens (tertiary/aromatic N) is 1. The van der Waals surface area contributed by atoms with E-state index in [1.165, 1.54) is 11.4 Å². The van der Waals surface area contributed by atoms with Crippen LogP contribution in [0.25, 0.3) is 0 Å². The van der Waals surface area contributed by atoms with Gasteiger partial charge in [0.05, 0.1) is 11.0 Å². The molecular weight excluding hydrogens is 252 g/mol. The molecule has 100 valence electrons. The van der Waals surface area contributed by atoms with Crippen molar-refractivity contribution in [2.45, 2.75) is 31.0 Å². The first-order valence-electron chi connectivity index (χ1n) is 5.88. The highest BCUT2D eigenvalue weighted by molar-refractivity contribution is 7.89. The molecule has 0 fully saturated rings. The van der Waals surface area contributed by atoms with Crippen LogP contribution in [0.5, 0.6) is 0 Å². The van der Waals surface area contributed by atoms with Crippen LogP contribution < -0.4 is 5.32 Å². The lowest BCUT2D eigenvalue weighted by Gasteiger charge is -2.19. The molecule has 1 aliphatic rings. The lowest BCUT2D eigenvalue weighted by Crippen LogP contribution is -2.33. The minimum absolute atomic E-state index is 0.0949. The molecule has 1 aliphatic heterocycles. The average molecular weight is 270 g/mol. The quantitative estimate of drug-likeness (QED) is 0.825. The van der Waals surface area contributed by atoms with Gasteiger partial charge in [-0.25, -0.2) is 8.42 Å². The monoisotopic (exact) mass is 270 g/mol. The highest BCUT2D eigenvalue weighted by Gasteiger charge is 2.23. The van der Waals surface area contributed by atoms with E-state index in [2.05, 4.69) is 5.32 Å². The van der Waals surface area contributed by atoms with Gasteiger partial charge in [-0.1, -0.05) is 6.07 Å². The Morgan fingerprint density at radius 2 is 2.06 bits per heavy atom. The van der Waals surface area contributed by atoms with Gasteiger partial charge in [-0.2, -0.15) is 4.31 Å². The molecule has 0 bridgehead atoms. The van der Waals surface area contributed by atoms with Crippen molar-refractivity contribution in [2.24, 2.45) is 0 Å². The molecule has 1 heterocycles. The molecule has 0 aliphatic carbocycles. The lowest BCUT2D eigenvalue weighted by molar-refractivity contribution is 0.171. The largest absolute Gasteiger partial charge is 0.392 e. The first-order chi connectivity index (χ1) is 8.41. The van der Waals surface area contributed by atoms with Gasteiger partial charge in [0.2, 0.25) is 10.0 Å². The van der Waals surface area contributed by atoms with Gasteiger partial charge in [0, 0.05) is 26.7 Å². The van der Waals surface area contributed by atoms with E-state index in [1.54, 1.807) is 19.1 Å². The smallest absolute Gasteiger partial charge is 0.242 e. The predicted molar refractivity (Wildman–Crippen MR) is 68.5 cm³/mol. The zero-order chi connectivity index (χ0) is 13.3. The Kier molecular flexibility index (Phi) is 3.72. The van der Waals surface area contributed by atoms with Crippen LogP contribution in [0.1, 0.15) is 18.1 Å². The Labute approximate surface area is 107 Å². The second-order valence-corrected chi connectivity index (χ2v) is 6.71. The van der Waals surface area contributed by atoms with Crippen LogP contribution in [0.15, 0.2) is 23.1 Å². The fourth-order valence-corrected chi connectivity index (χ4v) is 3.38. The lowest BCUT2D eigenvalue weighted by atomic mass is 10.1. The Bertz CT molecular complexity index is 540. The number of hydrogen-bond acceptors (Lipinski definition) is 4. The first-order valence-corrected chi connectivity index (χ1v) is 7.32. The third-order valence-corrected chi connectivity index (χ3v) is 4.86. The van der Waals surface area contributed by atoms with Gasteiger partial charge in [-0.05, 0) is 30.2 Å². The second kappa shape index (κ2) is 4.97. The summed E-state index contributed by atoms with van der Waals surface area (Å²) >= 11 is 0. The van der Waals surface area contributed by atoms with Gasteiger partial charge in [0.1, 0.15) is 0 Å². The van der Waals surface area contributed by atoms with Crippen LogP contribution in [-0.2, 0) is 23.1 Å². The Hall–Kier alpha value is -0.950. The van der Waals surface area contributed by atoms with Crippen molar-refractivity contribution in [3.05, 3.63) is 29.3 Å². The molecule has 0 aromatic heterocycles. The number of aliphatic hydroxyl groups is 1. The Balaban J connectivity index is 2.30. The first kappa shape index (κ1) is 13.5.